The Morgan fingerprint density at radius 2 is 2.06 bits per heavy atom. The number of hydrogen-bond donors (Lipinski definition) is 1. The van der Waals surface area contributed by atoms with Crippen molar-refractivity contribution in [3.05, 3.63) is 35.4 Å². The summed E-state index contributed by atoms with van der Waals surface area (Å²) in [5.41, 5.74) is 0.717. The van der Waals surface area contributed by atoms with Crippen molar-refractivity contribution in [1.29, 1.82) is 0 Å². The van der Waals surface area contributed by atoms with Crippen LogP contribution >= 0.6 is 0 Å². The molecule has 17 heavy (non-hydrogen) atoms. The molecule has 0 atom stereocenters. The van der Waals surface area contributed by atoms with Crippen molar-refractivity contribution in [1.82, 2.24) is 0 Å². The van der Waals surface area contributed by atoms with Gasteiger partial charge in [0.05, 0.1) is 12.5 Å². The van der Waals surface area contributed by atoms with Crippen LogP contribution in [0.15, 0.2) is 24.3 Å². The van der Waals surface area contributed by atoms with Gasteiger partial charge >= 0.3 is 5.97 Å². The first kappa shape index (κ1) is 13.3. The van der Waals surface area contributed by atoms with E-state index in [2.05, 4.69) is 0 Å². The van der Waals surface area contributed by atoms with Crippen molar-refractivity contribution in [3.8, 4) is 5.75 Å². The molecule has 3 heteroatoms. The Labute approximate surface area is 102 Å². The van der Waals surface area contributed by atoms with Gasteiger partial charge in [0.15, 0.2) is 0 Å². The largest absolute Gasteiger partial charge is 0.496 e. The van der Waals surface area contributed by atoms with Gasteiger partial charge in [0.25, 0.3) is 0 Å². The van der Waals surface area contributed by atoms with Crippen LogP contribution in [0.1, 0.15) is 31.9 Å². The molecule has 1 aromatic carbocycles. The van der Waals surface area contributed by atoms with Gasteiger partial charge in [-0.25, -0.2) is 0 Å². The molecule has 3 nitrogen and oxygen atoms in total. The summed E-state index contributed by atoms with van der Waals surface area (Å²) < 4.78 is 5.27. The minimum atomic E-state index is -0.959. The third-order valence-corrected chi connectivity index (χ3v) is 2.79. The smallest absolute Gasteiger partial charge is 0.313 e. The van der Waals surface area contributed by atoms with Crippen LogP contribution < -0.4 is 4.74 Å². The van der Waals surface area contributed by atoms with Crippen LogP contribution in [0.2, 0.25) is 0 Å². The lowest BCUT2D eigenvalue weighted by atomic mass is 9.83. The number of aliphatic carboxylic acids is 1. The molecule has 0 spiro atoms. The molecule has 0 heterocycles. The fourth-order valence-electron chi connectivity index (χ4n) is 1.64. The van der Waals surface area contributed by atoms with Crippen molar-refractivity contribution in [2.45, 2.75) is 26.2 Å². The van der Waals surface area contributed by atoms with Gasteiger partial charge in [-0.2, -0.15) is 0 Å². The monoisotopic (exact) mass is 234 g/mol. The minimum Gasteiger partial charge on any atom is -0.496 e. The van der Waals surface area contributed by atoms with E-state index in [1.54, 1.807) is 21.0 Å². The van der Waals surface area contributed by atoms with Gasteiger partial charge in [-0.05, 0) is 32.4 Å². The number of hydrogen-bond acceptors (Lipinski definition) is 2. The molecular weight excluding hydrogens is 216 g/mol. The number of methoxy groups -OCH3 is 1. The lowest BCUT2D eigenvalue weighted by Gasteiger charge is -2.22. The van der Waals surface area contributed by atoms with Crippen LogP contribution in [-0.4, -0.2) is 18.2 Å². The molecule has 0 unspecified atom stereocenters. The van der Waals surface area contributed by atoms with Crippen molar-refractivity contribution in [2.75, 3.05) is 7.11 Å². The van der Waals surface area contributed by atoms with Crippen molar-refractivity contribution < 1.29 is 14.6 Å². The molecule has 92 valence electrons. The second kappa shape index (κ2) is 5.04. The molecule has 0 saturated heterocycles. The third kappa shape index (κ3) is 2.67. The van der Waals surface area contributed by atoms with E-state index in [0.29, 0.717) is 11.3 Å². The lowest BCUT2D eigenvalue weighted by molar-refractivity contribution is -0.142. The summed E-state index contributed by atoms with van der Waals surface area (Å²) in [5.74, 6) is -0.261. The van der Waals surface area contributed by atoms with Gasteiger partial charge in [-0.15, -0.1) is 0 Å². The first-order valence-electron chi connectivity index (χ1n) is 5.48. The van der Waals surface area contributed by atoms with E-state index in [0.717, 1.165) is 5.56 Å². The van der Waals surface area contributed by atoms with Crippen LogP contribution in [0.5, 0.6) is 5.75 Å². The van der Waals surface area contributed by atoms with Gasteiger partial charge < -0.3 is 9.84 Å². The maximum absolute atomic E-state index is 11.2. The quantitative estimate of drug-likeness (QED) is 0.870. The first-order valence-corrected chi connectivity index (χ1v) is 5.48. The molecule has 0 radical (unpaired) electrons. The van der Waals surface area contributed by atoms with E-state index in [-0.39, 0.29) is 0 Å². The predicted molar refractivity (Wildman–Crippen MR) is 68.4 cm³/mol. The molecule has 0 fully saturated rings. The zero-order valence-corrected chi connectivity index (χ0v) is 10.7. The van der Waals surface area contributed by atoms with Crippen molar-refractivity contribution in [2.24, 2.45) is 0 Å². The standard InChI is InChI=1S/C14H18O3/c1-5-6-10-7-8-11(12(9-10)17-4)14(2,3)13(15)16/h5-9H,1-4H3,(H,15,16)/b6-5+. The van der Waals surface area contributed by atoms with E-state index in [1.165, 1.54) is 0 Å². The second-order valence-corrected chi connectivity index (χ2v) is 4.39. The van der Waals surface area contributed by atoms with Crippen molar-refractivity contribution >= 4 is 12.0 Å². The van der Waals surface area contributed by atoms with Crippen LogP contribution in [0, 0.1) is 0 Å². The zero-order chi connectivity index (χ0) is 13.1. The molecule has 1 aromatic rings. The van der Waals surface area contributed by atoms with Gasteiger partial charge in [-0.1, -0.05) is 24.3 Å². The van der Waals surface area contributed by atoms with Crippen LogP contribution in [0.4, 0.5) is 0 Å². The highest BCUT2D eigenvalue weighted by molar-refractivity contribution is 5.81. The molecule has 0 aliphatic heterocycles. The minimum absolute atomic E-state index is 0.605. The molecule has 0 aliphatic rings. The Morgan fingerprint density at radius 1 is 1.41 bits per heavy atom. The number of ether oxygens (including phenoxy) is 1. The normalized spacial score (nSPS) is 11.8. The fraction of sp³-hybridized carbons (Fsp3) is 0.357. The van der Waals surface area contributed by atoms with E-state index < -0.39 is 11.4 Å². The third-order valence-electron chi connectivity index (χ3n) is 2.79. The number of allylic oxidation sites excluding steroid dienone is 1. The fourth-order valence-corrected chi connectivity index (χ4v) is 1.64. The summed E-state index contributed by atoms with van der Waals surface area (Å²) in [6, 6.07) is 5.55. The summed E-state index contributed by atoms with van der Waals surface area (Å²) in [6.45, 7) is 5.27. The van der Waals surface area contributed by atoms with Crippen LogP contribution in [-0.2, 0) is 10.2 Å². The second-order valence-electron chi connectivity index (χ2n) is 4.39. The van der Waals surface area contributed by atoms with Crippen molar-refractivity contribution in [3.63, 3.8) is 0 Å². The van der Waals surface area contributed by atoms with Gasteiger partial charge in [0.2, 0.25) is 0 Å². The average molecular weight is 234 g/mol. The predicted octanol–water partition coefficient (Wildman–Crippen LogP) is 3.09. The summed E-state index contributed by atoms with van der Waals surface area (Å²) in [5, 5.41) is 9.22. The Balaban J connectivity index is 3.31. The van der Waals surface area contributed by atoms with E-state index in [4.69, 9.17) is 4.74 Å². The Bertz CT molecular complexity index is 445. The number of rotatable bonds is 4. The molecule has 0 bridgehead atoms. The highest BCUT2D eigenvalue weighted by Gasteiger charge is 2.32. The van der Waals surface area contributed by atoms with Crippen LogP contribution in [0.3, 0.4) is 0 Å². The van der Waals surface area contributed by atoms with E-state index >= 15 is 0 Å². The van der Waals surface area contributed by atoms with E-state index in [1.807, 2.05) is 37.3 Å². The average Bonchev–Trinajstić information content (AvgIpc) is 2.28. The molecule has 0 aliphatic carbocycles. The number of benzene rings is 1. The van der Waals surface area contributed by atoms with Gasteiger partial charge in [0, 0.05) is 5.56 Å². The number of carbonyl (C=O) groups is 1. The number of carboxylic acids is 1. The summed E-state index contributed by atoms with van der Waals surface area (Å²) in [7, 11) is 1.55. The number of carboxylic acid groups (broad SMARTS) is 1. The SMILES string of the molecule is C/C=C/c1ccc(C(C)(C)C(=O)O)c(OC)c1. The molecule has 1 N–H and O–H groups in total. The zero-order valence-electron chi connectivity index (χ0n) is 10.7. The van der Waals surface area contributed by atoms with Gasteiger partial charge in [-0.3, -0.25) is 4.79 Å². The highest BCUT2D eigenvalue weighted by atomic mass is 16.5. The van der Waals surface area contributed by atoms with Crippen LogP contribution in [0.25, 0.3) is 6.08 Å². The molecule has 0 aromatic heterocycles. The Kier molecular flexibility index (Phi) is 3.94. The molecule has 1 rings (SSSR count). The topological polar surface area (TPSA) is 46.5 Å². The van der Waals surface area contributed by atoms with E-state index in [9.17, 15) is 9.90 Å². The lowest BCUT2D eigenvalue weighted by Crippen LogP contribution is -2.29. The summed E-state index contributed by atoms with van der Waals surface area (Å²) in [4.78, 5) is 11.2. The molecular formula is C14H18O3. The maximum atomic E-state index is 11.2. The van der Waals surface area contributed by atoms with Gasteiger partial charge in [0.1, 0.15) is 5.75 Å². The Morgan fingerprint density at radius 3 is 2.53 bits per heavy atom. The maximum Gasteiger partial charge on any atom is 0.313 e. The first-order chi connectivity index (χ1) is 7.93. The molecule has 0 saturated carbocycles. The molecule has 0 amide bonds. The highest BCUT2D eigenvalue weighted by Crippen LogP contribution is 2.32. The Hall–Kier alpha value is -1.77. The summed E-state index contributed by atoms with van der Waals surface area (Å²) in [6.07, 6.45) is 3.87. The summed E-state index contributed by atoms with van der Waals surface area (Å²) >= 11 is 0.